The summed E-state index contributed by atoms with van der Waals surface area (Å²) in [5.74, 6) is 1.02. The number of ether oxygens (including phenoxy) is 1. The fourth-order valence-electron chi connectivity index (χ4n) is 4.60. The zero-order valence-electron chi connectivity index (χ0n) is 16.6. The van der Waals surface area contributed by atoms with E-state index in [1.54, 1.807) is 7.11 Å². The van der Waals surface area contributed by atoms with Crippen molar-refractivity contribution in [1.82, 2.24) is 0 Å². The molecule has 4 aromatic rings. The van der Waals surface area contributed by atoms with Gasteiger partial charge in [0.25, 0.3) is 0 Å². The number of benzene rings is 4. The number of ketones is 1. The lowest BCUT2D eigenvalue weighted by molar-refractivity contribution is 0.0947. The maximum Gasteiger partial charge on any atom is 0.166 e. The zero-order valence-corrected chi connectivity index (χ0v) is 16.6. The van der Waals surface area contributed by atoms with Gasteiger partial charge in [-0.25, -0.2) is 0 Å². The van der Waals surface area contributed by atoms with E-state index in [1.165, 1.54) is 5.39 Å². The molecule has 0 bridgehead atoms. The highest BCUT2D eigenvalue weighted by Gasteiger charge is 2.34. The van der Waals surface area contributed by atoms with E-state index in [2.05, 4.69) is 48.5 Å². The minimum Gasteiger partial charge on any atom is -0.496 e. The Hall–Kier alpha value is -3.39. The van der Waals surface area contributed by atoms with E-state index < -0.39 is 0 Å². The van der Waals surface area contributed by atoms with Gasteiger partial charge in [0.05, 0.1) is 7.11 Å². The number of carbonyl (C=O) groups excluding carboxylic acids is 1. The number of hydrogen-bond donors (Lipinski definition) is 0. The number of hydrogen-bond acceptors (Lipinski definition) is 2. The van der Waals surface area contributed by atoms with Gasteiger partial charge in [0.2, 0.25) is 0 Å². The van der Waals surface area contributed by atoms with Crippen molar-refractivity contribution < 1.29 is 9.53 Å². The minimum atomic E-state index is -0.0201. The average Bonchev–Trinajstić information content (AvgIpc) is 3.07. The number of rotatable bonds is 3. The van der Waals surface area contributed by atoms with Crippen LogP contribution in [0.4, 0.5) is 0 Å². The number of Topliss-reactive ketones (excluding diaryl/α,β-unsaturated/α-hetero) is 1. The van der Waals surface area contributed by atoms with Crippen LogP contribution in [0.15, 0.2) is 78.9 Å². The van der Waals surface area contributed by atoms with Crippen LogP contribution in [-0.2, 0) is 6.42 Å². The number of fused-ring (bicyclic) bond motifs is 2. The van der Waals surface area contributed by atoms with Gasteiger partial charge in [-0.1, -0.05) is 79.7 Å². The number of carbonyl (C=O) groups is 1. The maximum atomic E-state index is 13.3. The lowest BCUT2D eigenvalue weighted by Crippen LogP contribution is -2.05. The first-order valence-electron chi connectivity index (χ1n) is 10.0. The molecule has 0 radical (unpaired) electrons. The van der Waals surface area contributed by atoms with E-state index in [0.29, 0.717) is 0 Å². The van der Waals surface area contributed by atoms with E-state index >= 15 is 0 Å². The largest absolute Gasteiger partial charge is 0.496 e. The molecule has 0 heterocycles. The van der Waals surface area contributed by atoms with Crippen LogP contribution in [0.5, 0.6) is 5.75 Å². The number of methoxy groups -OCH3 is 1. The van der Waals surface area contributed by atoms with Crippen LogP contribution >= 0.6 is 0 Å². The molecule has 1 unspecified atom stereocenters. The normalized spacial score (nSPS) is 15.5. The molecule has 0 spiro atoms. The molecular weight excluding hydrogens is 356 g/mol. The summed E-state index contributed by atoms with van der Waals surface area (Å²) in [5, 5.41) is 2.32. The van der Waals surface area contributed by atoms with Crippen molar-refractivity contribution in [2.45, 2.75) is 13.3 Å². The molecular formula is C27H22O2. The third-order valence-corrected chi connectivity index (χ3v) is 5.96. The molecule has 5 rings (SSSR count). The molecule has 1 aliphatic carbocycles. The fourth-order valence-corrected chi connectivity index (χ4v) is 4.60. The monoisotopic (exact) mass is 378 g/mol. The molecule has 0 amide bonds. The summed E-state index contributed by atoms with van der Waals surface area (Å²) in [4.78, 5) is 13.3. The second kappa shape index (κ2) is 6.89. The third-order valence-electron chi connectivity index (χ3n) is 5.96. The summed E-state index contributed by atoms with van der Waals surface area (Å²) < 4.78 is 5.86. The summed E-state index contributed by atoms with van der Waals surface area (Å²) in [6, 6.07) is 26.9. The van der Waals surface area contributed by atoms with E-state index in [9.17, 15) is 4.79 Å². The lowest BCUT2D eigenvalue weighted by atomic mass is 9.88. The Labute approximate surface area is 170 Å². The van der Waals surface area contributed by atoms with Crippen molar-refractivity contribution in [3.8, 4) is 28.0 Å². The second-order valence-corrected chi connectivity index (χ2v) is 7.72. The van der Waals surface area contributed by atoms with E-state index in [-0.39, 0.29) is 11.7 Å². The first kappa shape index (κ1) is 17.7. The van der Waals surface area contributed by atoms with E-state index in [0.717, 1.165) is 50.9 Å². The van der Waals surface area contributed by atoms with Crippen LogP contribution in [0.2, 0.25) is 0 Å². The van der Waals surface area contributed by atoms with Crippen LogP contribution in [-0.4, -0.2) is 12.9 Å². The van der Waals surface area contributed by atoms with Gasteiger partial charge in [0.15, 0.2) is 5.78 Å². The molecule has 29 heavy (non-hydrogen) atoms. The molecule has 1 atom stereocenters. The summed E-state index contributed by atoms with van der Waals surface area (Å²) in [7, 11) is 1.71. The van der Waals surface area contributed by atoms with Crippen LogP contribution in [0.3, 0.4) is 0 Å². The molecule has 4 aromatic carbocycles. The predicted octanol–water partition coefficient (Wildman–Crippen LogP) is 6.56. The SMILES string of the molecule is COc1cc(-c2cccc3ccccc23)c2c(c1-c1ccccc1)CC(C)C2=O. The maximum absolute atomic E-state index is 13.3. The Morgan fingerprint density at radius 3 is 2.34 bits per heavy atom. The van der Waals surface area contributed by atoms with Crippen molar-refractivity contribution in [3.05, 3.63) is 90.0 Å². The van der Waals surface area contributed by atoms with Gasteiger partial charge in [-0.2, -0.15) is 0 Å². The Morgan fingerprint density at radius 1 is 0.828 bits per heavy atom. The van der Waals surface area contributed by atoms with Gasteiger partial charge < -0.3 is 4.74 Å². The molecule has 2 nitrogen and oxygen atoms in total. The van der Waals surface area contributed by atoms with Crippen molar-refractivity contribution in [2.75, 3.05) is 7.11 Å². The van der Waals surface area contributed by atoms with E-state index in [1.807, 2.05) is 37.3 Å². The highest BCUT2D eigenvalue weighted by atomic mass is 16.5. The first-order valence-corrected chi connectivity index (χ1v) is 10.0. The van der Waals surface area contributed by atoms with Crippen molar-refractivity contribution in [3.63, 3.8) is 0 Å². The quantitative estimate of drug-likeness (QED) is 0.404. The van der Waals surface area contributed by atoms with Crippen molar-refractivity contribution in [1.29, 1.82) is 0 Å². The van der Waals surface area contributed by atoms with Crippen molar-refractivity contribution in [2.24, 2.45) is 5.92 Å². The van der Waals surface area contributed by atoms with Crippen LogP contribution < -0.4 is 4.74 Å². The lowest BCUT2D eigenvalue weighted by Gasteiger charge is -2.18. The van der Waals surface area contributed by atoms with Gasteiger partial charge in [-0.3, -0.25) is 4.79 Å². The standard InChI is InChI=1S/C27H22O2/c1-17-15-23-25(19-10-4-3-5-11-19)24(29-2)16-22(26(23)27(17)28)21-14-8-12-18-9-6-7-13-20(18)21/h3-14,16-17H,15H2,1-2H3. The topological polar surface area (TPSA) is 26.3 Å². The molecule has 0 fully saturated rings. The Balaban J connectivity index is 1.87. The molecule has 0 aliphatic heterocycles. The third kappa shape index (κ3) is 2.75. The highest BCUT2D eigenvalue weighted by molar-refractivity contribution is 6.12. The van der Waals surface area contributed by atoms with Gasteiger partial charge in [0.1, 0.15) is 5.75 Å². The Kier molecular flexibility index (Phi) is 4.21. The zero-order chi connectivity index (χ0) is 20.0. The average molecular weight is 378 g/mol. The molecule has 0 saturated heterocycles. The summed E-state index contributed by atoms with van der Waals surface area (Å²) in [6.07, 6.45) is 0.743. The van der Waals surface area contributed by atoms with Crippen LogP contribution in [0.25, 0.3) is 33.0 Å². The van der Waals surface area contributed by atoms with Crippen LogP contribution in [0, 0.1) is 5.92 Å². The highest BCUT2D eigenvalue weighted by Crippen LogP contribution is 2.46. The van der Waals surface area contributed by atoms with Crippen molar-refractivity contribution >= 4 is 16.6 Å². The smallest absolute Gasteiger partial charge is 0.166 e. The van der Waals surface area contributed by atoms with Gasteiger partial charge >= 0.3 is 0 Å². The Bertz CT molecular complexity index is 1230. The molecule has 142 valence electrons. The molecule has 2 heteroatoms. The summed E-state index contributed by atoms with van der Waals surface area (Å²) >= 11 is 0. The van der Waals surface area contributed by atoms with E-state index in [4.69, 9.17) is 4.74 Å². The molecule has 1 aliphatic rings. The molecule has 0 saturated carbocycles. The summed E-state index contributed by atoms with van der Waals surface area (Å²) in [5.41, 5.74) is 6.16. The minimum absolute atomic E-state index is 0.0201. The van der Waals surface area contributed by atoms with Crippen LogP contribution in [0.1, 0.15) is 22.8 Å². The molecule has 0 N–H and O–H groups in total. The molecule has 0 aromatic heterocycles. The second-order valence-electron chi connectivity index (χ2n) is 7.72. The first-order chi connectivity index (χ1) is 14.2. The fraction of sp³-hybridized carbons (Fsp3) is 0.148. The predicted molar refractivity (Wildman–Crippen MR) is 119 cm³/mol. The summed E-state index contributed by atoms with van der Waals surface area (Å²) in [6.45, 7) is 2.02. The Morgan fingerprint density at radius 2 is 1.55 bits per heavy atom. The van der Waals surface area contributed by atoms with Gasteiger partial charge in [-0.15, -0.1) is 0 Å². The van der Waals surface area contributed by atoms with Gasteiger partial charge in [0, 0.05) is 17.0 Å². The van der Waals surface area contributed by atoms with Gasteiger partial charge in [-0.05, 0) is 45.5 Å².